The van der Waals surface area contributed by atoms with E-state index in [0.29, 0.717) is 17.0 Å². The van der Waals surface area contributed by atoms with E-state index in [2.05, 4.69) is 9.97 Å². The highest BCUT2D eigenvalue weighted by Gasteiger charge is 2.17. The molecular weight excluding hydrogens is 297 g/mol. The Balaban J connectivity index is 2.17. The van der Waals surface area contributed by atoms with Gasteiger partial charge in [-0.2, -0.15) is 0 Å². The Hall–Kier alpha value is -3.15. The van der Waals surface area contributed by atoms with Crippen molar-refractivity contribution in [3.05, 3.63) is 60.2 Å². The Bertz CT molecular complexity index is 874. The molecule has 5 nitrogen and oxygen atoms in total. The molecule has 1 aromatic carbocycles. The molecule has 0 fully saturated rings. The normalized spacial score (nSPS) is 10.5. The number of amides is 1. The zero-order chi connectivity index (χ0) is 16.4. The lowest BCUT2D eigenvalue weighted by Crippen LogP contribution is -2.16. The number of hydrogen-bond donors (Lipinski definition) is 2. The maximum Gasteiger partial charge on any atom is 0.410 e. The minimum Gasteiger partial charge on any atom is -0.408 e. The van der Waals surface area contributed by atoms with E-state index in [1.165, 1.54) is 12.3 Å². The van der Waals surface area contributed by atoms with Crippen LogP contribution in [0, 0.1) is 12.7 Å². The fraction of sp³-hybridized carbons (Fsp3) is 0.0588. The number of ether oxygens (including phenoxy) is 1. The van der Waals surface area contributed by atoms with Crippen LogP contribution in [0.5, 0.6) is 5.75 Å². The molecular formula is C17H14FN3O2. The van der Waals surface area contributed by atoms with Crippen molar-refractivity contribution >= 4 is 6.09 Å². The van der Waals surface area contributed by atoms with Crippen molar-refractivity contribution in [3.8, 4) is 28.3 Å². The highest BCUT2D eigenvalue weighted by Crippen LogP contribution is 2.36. The van der Waals surface area contributed by atoms with Gasteiger partial charge in [0.05, 0.1) is 17.6 Å². The van der Waals surface area contributed by atoms with Gasteiger partial charge in [-0.15, -0.1) is 0 Å². The molecule has 3 N–H and O–H groups in total. The molecule has 0 bridgehead atoms. The van der Waals surface area contributed by atoms with E-state index in [1.807, 2.05) is 31.2 Å². The zero-order valence-corrected chi connectivity index (χ0v) is 12.3. The van der Waals surface area contributed by atoms with Crippen molar-refractivity contribution in [1.82, 2.24) is 9.97 Å². The van der Waals surface area contributed by atoms with Crippen LogP contribution >= 0.6 is 0 Å². The molecule has 0 unspecified atom stereocenters. The number of rotatable bonds is 3. The van der Waals surface area contributed by atoms with E-state index < -0.39 is 11.9 Å². The van der Waals surface area contributed by atoms with E-state index >= 15 is 0 Å². The number of halogens is 1. The van der Waals surface area contributed by atoms with Crippen LogP contribution in [0.3, 0.4) is 0 Å². The second kappa shape index (κ2) is 5.92. The molecule has 116 valence electrons. The molecule has 2 aromatic heterocycles. The predicted octanol–water partition coefficient (Wildman–Crippen LogP) is 3.65. The van der Waals surface area contributed by atoms with Gasteiger partial charge in [-0.05, 0) is 18.6 Å². The number of nitrogens with one attached hydrogen (secondary N) is 1. The number of carbonyl (C=O) groups is 1. The van der Waals surface area contributed by atoms with Crippen LogP contribution in [-0.2, 0) is 0 Å². The van der Waals surface area contributed by atoms with Crippen LogP contribution in [0.25, 0.3) is 22.5 Å². The van der Waals surface area contributed by atoms with E-state index in [0.717, 1.165) is 17.3 Å². The number of carbonyl (C=O) groups excluding carboxylic acids is 1. The fourth-order valence-electron chi connectivity index (χ4n) is 2.42. The summed E-state index contributed by atoms with van der Waals surface area (Å²) in [6.45, 7) is 1.93. The molecule has 0 saturated carbocycles. The molecule has 1 amide bonds. The average molecular weight is 311 g/mol. The number of aromatic amines is 1. The van der Waals surface area contributed by atoms with Crippen LogP contribution < -0.4 is 10.5 Å². The lowest BCUT2D eigenvalue weighted by atomic mass is 10.1. The number of nitrogens with zero attached hydrogens (tertiary/aromatic N) is 1. The molecule has 0 atom stereocenters. The van der Waals surface area contributed by atoms with Crippen molar-refractivity contribution < 1.29 is 13.9 Å². The second-order valence-corrected chi connectivity index (χ2v) is 5.01. The maximum atomic E-state index is 13.9. The third-order valence-electron chi connectivity index (χ3n) is 3.47. The number of benzene rings is 1. The van der Waals surface area contributed by atoms with Gasteiger partial charge in [-0.1, -0.05) is 24.3 Å². The van der Waals surface area contributed by atoms with Gasteiger partial charge >= 0.3 is 6.09 Å². The highest BCUT2D eigenvalue weighted by atomic mass is 19.1. The van der Waals surface area contributed by atoms with Crippen molar-refractivity contribution in [3.63, 3.8) is 0 Å². The number of primary amides is 1. The molecule has 0 aliphatic heterocycles. The summed E-state index contributed by atoms with van der Waals surface area (Å²) in [6, 6.07) is 10.7. The van der Waals surface area contributed by atoms with Gasteiger partial charge in [-0.25, -0.2) is 9.18 Å². The Kier molecular flexibility index (Phi) is 3.80. The highest BCUT2D eigenvalue weighted by molar-refractivity contribution is 5.80. The topological polar surface area (TPSA) is 81.0 Å². The van der Waals surface area contributed by atoms with Crippen molar-refractivity contribution in [2.24, 2.45) is 5.73 Å². The van der Waals surface area contributed by atoms with Crippen LogP contribution in [0.4, 0.5) is 9.18 Å². The summed E-state index contributed by atoms with van der Waals surface area (Å²) < 4.78 is 19.0. The summed E-state index contributed by atoms with van der Waals surface area (Å²) in [5.41, 5.74) is 8.31. The zero-order valence-electron chi connectivity index (χ0n) is 12.3. The first kappa shape index (κ1) is 14.8. The smallest absolute Gasteiger partial charge is 0.408 e. The van der Waals surface area contributed by atoms with E-state index in [1.54, 1.807) is 6.07 Å². The lowest BCUT2D eigenvalue weighted by Gasteiger charge is -2.06. The van der Waals surface area contributed by atoms with E-state index in [-0.39, 0.29) is 5.75 Å². The van der Waals surface area contributed by atoms with E-state index in [4.69, 9.17) is 10.5 Å². The molecule has 0 saturated heterocycles. The first-order chi connectivity index (χ1) is 11.1. The molecule has 3 rings (SSSR count). The minimum absolute atomic E-state index is 0.248. The number of hydrogen-bond acceptors (Lipinski definition) is 3. The second-order valence-electron chi connectivity index (χ2n) is 5.01. The third-order valence-corrected chi connectivity index (χ3v) is 3.47. The van der Waals surface area contributed by atoms with Gasteiger partial charge in [0.25, 0.3) is 0 Å². The molecule has 23 heavy (non-hydrogen) atoms. The monoisotopic (exact) mass is 311 g/mol. The minimum atomic E-state index is -0.930. The van der Waals surface area contributed by atoms with Gasteiger partial charge in [0, 0.05) is 23.4 Å². The lowest BCUT2D eigenvalue weighted by molar-refractivity contribution is 0.211. The Morgan fingerprint density at radius 1 is 1.26 bits per heavy atom. The molecule has 0 aliphatic carbocycles. The number of aromatic nitrogens is 2. The maximum absolute atomic E-state index is 13.9. The Morgan fingerprint density at radius 3 is 2.74 bits per heavy atom. The number of aryl methyl sites for hydroxylation is 1. The molecule has 2 heterocycles. The first-order valence-corrected chi connectivity index (χ1v) is 6.92. The quantitative estimate of drug-likeness (QED) is 0.774. The molecule has 6 heteroatoms. The summed E-state index contributed by atoms with van der Waals surface area (Å²) in [6.07, 6.45) is 1.68. The third kappa shape index (κ3) is 2.91. The standard InChI is InChI=1S/C17H14FN3O2/c1-10-4-2-3-5-11(10)16-15(23-17(19)22)8-14(21-16)12-6-7-20-9-13(12)18/h2-9,21H,1H3,(H2,19,22). The van der Waals surface area contributed by atoms with Crippen LogP contribution in [0.1, 0.15) is 5.56 Å². The molecule has 0 radical (unpaired) electrons. The molecule has 3 aromatic rings. The van der Waals surface area contributed by atoms with Crippen LogP contribution in [-0.4, -0.2) is 16.1 Å². The summed E-state index contributed by atoms with van der Waals surface area (Å²) in [5, 5.41) is 0. The fourth-order valence-corrected chi connectivity index (χ4v) is 2.42. The van der Waals surface area contributed by atoms with Crippen molar-refractivity contribution in [2.75, 3.05) is 0 Å². The first-order valence-electron chi connectivity index (χ1n) is 6.92. The average Bonchev–Trinajstić information content (AvgIpc) is 2.91. The van der Waals surface area contributed by atoms with Crippen LogP contribution in [0.15, 0.2) is 48.8 Å². The van der Waals surface area contributed by atoms with Gasteiger partial charge < -0.3 is 15.5 Å². The van der Waals surface area contributed by atoms with Gasteiger partial charge in [-0.3, -0.25) is 4.98 Å². The van der Waals surface area contributed by atoms with Gasteiger partial charge in [0.1, 0.15) is 0 Å². The number of H-pyrrole nitrogens is 1. The number of nitrogens with two attached hydrogens (primary N) is 1. The molecule has 0 aliphatic rings. The Labute approximate surface area is 131 Å². The van der Waals surface area contributed by atoms with Crippen LogP contribution in [0.2, 0.25) is 0 Å². The SMILES string of the molecule is Cc1ccccc1-c1[nH]c(-c2ccncc2F)cc1OC(N)=O. The van der Waals surface area contributed by atoms with Crippen molar-refractivity contribution in [1.29, 1.82) is 0 Å². The summed E-state index contributed by atoms with van der Waals surface area (Å²) in [7, 11) is 0. The summed E-state index contributed by atoms with van der Waals surface area (Å²) >= 11 is 0. The van der Waals surface area contributed by atoms with Gasteiger partial charge in [0.2, 0.25) is 0 Å². The van der Waals surface area contributed by atoms with Gasteiger partial charge in [0.15, 0.2) is 11.6 Å². The summed E-state index contributed by atoms with van der Waals surface area (Å²) in [4.78, 5) is 18.0. The Morgan fingerprint density at radius 2 is 2.04 bits per heavy atom. The largest absolute Gasteiger partial charge is 0.410 e. The molecule has 0 spiro atoms. The number of pyridine rings is 1. The predicted molar refractivity (Wildman–Crippen MR) is 84.4 cm³/mol. The summed E-state index contributed by atoms with van der Waals surface area (Å²) in [5.74, 6) is -0.228. The van der Waals surface area contributed by atoms with Crippen molar-refractivity contribution in [2.45, 2.75) is 6.92 Å². The van der Waals surface area contributed by atoms with E-state index in [9.17, 15) is 9.18 Å².